The number of ether oxygens (including phenoxy) is 2. The van der Waals surface area contributed by atoms with Crippen molar-refractivity contribution in [1.29, 1.82) is 0 Å². The first-order valence-electron chi connectivity index (χ1n) is 10.1. The first-order chi connectivity index (χ1) is 15.8. The Kier molecular flexibility index (Phi) is 8.17. The maximum absolute atomic E-state index is 12.1. The van der Waals surface area contributed by atoms with Gasteiger partial charge in [0.15, 0.2) is 6.61 Å². The number of carbonyl (C=O) groups excluding carboxylic acids is 2. The zero-order chi connectivity index (χ0) is 23.7. The number of nitrogens with one attached hydrogen (secondary N) is 1. The molecule has 3 aromatic carbocycles. The quantitative estimate of drug-likeness (QED) is 0.440. The molecule has 0 aromatic heterocycles. The van der Waals surface area contributed by atoms with E-state index in [9.17, 15) is 18.0 Å². The number of primary sulfonamides is 1. The van der Waals surface area contributed by atoms with E-state index in [1.807, 2.05) is 30.3 Å². The Morgan fingerprint density at radius 3 is 2.15 bits per heavy atom. The van der Waals surface area contributed by atoms with Gasteiger partial charge in [0.05, 0.1) is 10.5 Å². The van der Waals surface area contributed by atoms with E-state index in [-0.39, 0.29) is 4.90 Å². The molecule has 0 atom stereocenters. The Labute approximate surface area is 192 Å². The van der Waals surface area contributed by atoms with Gasteiger partial charge in [-0.3, -0.25) is 4.79 Å². The SMILES string of the molecule is NS(=O)(=O)c1ccc(CCNC(=O)COC(=O)c2ccc(OCc3ccccc3)cc2)cc1. The van der Waals surface area contributed by atoms with Crippen LogP contribution in [0.25, 0.3) is 0 Å². The van der Waals surface area contributed by atoms with Crippen molar-refractivity contribution >= 4 is 21.9 Å². The summed E-state index contributed by atoms with van der Waals surface area (Å²) in [7, 11) is -3.73. The van der Waals surface area contributed by atoms with Gasteiger partial charge in [0, 0.05) is 6.54 Å². The minimum Gasteiger partial charge on any atom is -0.489 e. The smallest absolute Gasteiger partial charge is 0.338 e. The van der Waals surface area contributed by atoms with Crippen LogP contribution in [0.15, 0.2) is 83.8 Å². The lowest BCUT2D eigenvalue weighted by Crippen LogP contribution is -2.30. The van der Waals surface area contributed by atoms with Crippen molar-refractivity contribution in [1.82, 2.24) is 5.32 Å². The van der Waals surface area contributed by atoms with Gasteiger partial charge in [0.25, 0.3) is 5.91 Å². The van der Waals surface area contributed by atoms with Crippen LogP contribution in [0.2, 0.25) is 0 Å². The summed E-state index contributed by atoms with van der Waals surface area (Å²) in [6, 6.07) is 22.3. The predicted molar refractivity (Wildman–Crippen MR) is 122 cm³/mol. The zero-order valence-corrected chi connectivity index (χ0v) is 18.6. The van der Waals surface area contributed by atoms with Crippen LogP contribution in [0.3, 0.4) is 0 Å². The van der Waals surface area contributed by atoms with E-state index in [4.69, 9.17) is 14.6 Å². The topological polar surface area (TPSA) is 125 Å². The van der Waals surface area contributed by atoms with Gasteiger partial charge in [-0.2, -0.15) is 0 Å². The minimum absolute atomic E-state index is 0.0259. The van der Waals surface area contributed by atoms with E-state index in [2.05, 4.69) is 5.32 Å². The molecule has 9 heteroatoms. The van der Waals surface area contributed by atoms with Gasteiger partial charge in [0.1, 0.15) is 12.4 Å². The molecule has 0 saturated carbocycles. The van der Waals surface area contributed by atoms with Crippen molar-refractivity contribution in [3.8, 4) is 5.75 Å². The van der Waals surface area contributed by atoms with Crippen molar-refractivity contribution < 1.29 is 27.5 Å². The molecule has 1 amide bonds. The molecule has 172 valence electrons. The summed E-state index contributed by atoms with van der Waals surface area (Å²) < 4.78 is 33.2. The van der Waals surface area contributed by atoms with Gasteiger partial charge in [-0.25, -0.2) is 18.4 Å². The van der Waals surface area contributed by atoms with Crippen LogP contribution in [0.1, 0.15) is 21.5 Å². The molecular weight excluding hydrogens is 444 g/mol. The molecule has 0 saturated heterocycles. The number of hydrogen-bond acceptors (Lipinski definition) is 6. The molecule has 0 aliphatic heterocycles. The summed E-state index contributed by atoms with van der Waals surface area (Å²) in [5, 5.41) is 7.70. The highest BCUT2D eigenvalue weighted by Crippen LogP contribution is 2.15. The number of hydrogen-bond donors (Lipinski definition) is 2. The van der Waals surface area contributed by atoms with Crippen molar-refractivity contribution in [2.45, 2.75) is 17.9 Å². The maximum atomic E-state index is 12.1. The fraction of sp³-hybridized carbons (Fsp3) is 0.167. The molecule has 0 bridgehead atoms. The number of rotatable bonds is 10. The fourth-order valence-corrected chi connectivity index (χ4v) is 3.40. The summed E-state index contributed by atoms with van der Waals surface area (Å²) in [4.78, 5) is 24.1. The molecule has 0 heterocycles. The monoisotopic (exact) mass is 468 g/mol. The number of esters is 1. The largest absolute Gasteiger partial charge is 0.489 e. The second-order valence-electron chi connectivity index (χ2n) is 7.16. The van der Waals surface area contributed by atoms with E-state index < -0.39 is 28.5 Å². The zero-order valence-electron chi connectivity index (χ0n) is 17.8. The molecule has 0 radical (unpaired) electrons. The molecule has 3 N–H and O–H groups in total. The molecule has 0 aliphatic rings. The van der Waals surface area contributed by atoms with E-state index in [1.165, 1.54) is 12.1 Å². The van der Waals surface area contributed by atoms with Crippen LogP contribution in [0.5, 0.6) is 5.75 Å². The molecule has 0 spiro atoms. The van der Waals surface area contributed by atoms with Gasteiger partial charge in [-0.05, 0) is 53.9 Å². The summed E-state index contributed by atoms with van der Waals surface area (Å²) in [5.41, 5.74) is 2.17. The van der Waals surface area contributed by atoms with Gasteiger partial charge < -0.3 is 14.8 Å². The fourth-order valence-electron chi connectivity index (χ4n) is 2.89. The molecule has 33 heavy (non-hydrogen) atoms. The summed E-state index contributed by atoms with van der Waals surface area (Å²) in [6.45, 7) is 0.315. The summed E-state index contributed by atoms with van der Waals surface area (Å²) in [5.74, 6) is -0.434. The Hall–Kier alpha value is -3.69. The lowest BCUT2D eigenvalue weighted by molar-refractivity contribution is -0.124. The molecule has 8 nitrogen and oxygen atoms in total. The predicted octanol–water partition coefficient (Wildman–Crippen LogP) is 2.43. The third-order valence-electron chi connectivity index (χ3n) is 4.66. The molecule has 0 unspecified atom stereocenters. The highest BCUT2D eigenvalue weighted by molar-refractivity contribution is 7.89. The van der Waals surface area contributed by atoms with E-state index in [1.54, 1.807) is 36.4 Å². The van der Waals surface area contributed by atoms with Crippen molar-refractivity contribution in [3.05, 3.63) is 95.6 Å². The summed E-state index contributed by atoms with van der Waals surface area (Å²) >= 11 is 0. The number of sulfonamides is 1. The van der Waals surface area contributed by atoms with Crippen LogP contribution in [0.4, 0.5) is 0 Å². The lowest BCUT2D eigenvalue weighted by atomic mass is 10.1. The Morgan fingerprint density at radius 1 is 0.848 bits per heavy atom. The Bertz CT molecular complexity index is 1180. The van der Waals surface area contributed by atoms with E-state index in [0.717, 1.165) is 11.1 Å². The average molecular weight is 469 g/mol. The van der Waals surface area contributed by atoms with Gasteiger partial charge in [0.2, 0.25) is 10.0 Å². The van der Waals surface area contributed by atoms with Crippen LogP contribution in [-0.4, -0.2) is 33.4 Å². The third-order valence-corrected chi connectivity index (χ3v) is 5.59. The number of amides is 1. The highest BCUT2D eigenvalue weighted by Gasteiger charge is 2.11. The molecule has 3 aromatic rings. The van der Waals surface area contributed by atoms with E-state index >= 15 is 0 Å². The maximum Gasteiger partial charge on any atom is 0.338 e. The Balaban J connectivity index is 1.37. The van der Waals surface area contributed by atoms with Crippen LogP contribution < -0.4 is 15.2 Å². The van der Waals surface area contributed by atoms with Crippen molar-refractivity contribution in [3.63, 3.8) is 0 Å². The minimum atomic E-state index is -3.73. The molecule has 3 rings (SSSR count). The second kappa shape index (κ2) is 11.3. The number of carbonyl (C=O) groups is 2. The van der Waals surface area contributed by atoms with Gasteiger partial charge in [-0.1, -0.05) is 42.5 Å². The third kappa shape index (κ3) is 7.74. The van der Waals surface area contributed by atoms with Crippen LogP contribution >= 0.6 is 0 Å². The summed E-state index contributed by atoms with van der Waals surface area (Å²) in [6.07, 6.45) is 0.481. The van der Waals surface area contributed by atoms with Crippen LogP contribution in [0, 0.1) is 0 Å². The van der Waals surface area contributed by atoms with Gasteiger partial charge in [-0.15, -0.1) is 0 Å². The van der Waals surface area contributed by atoms with Crippen molar-refractivity contribution in [2.24, 2.45) is 5.14 Å². The van der Waals surface area contributed by atoms with Crippen LogP contribution in [-0.2, 0) is 32.6 Å². The average Bonchev–Trinajstić information content (AvgIpc) is 2.82. The first-order valence-corrected chi connectivity index (χ1v) is 11.7. The van der Waals surface area contributed by atoms with Gasteiger partial charge >= 0.3 is 5.97 Å². The number of nitrogens with two attached hydrogens (primary N) is 1. The lowest BCUT2D eigenvalue weighted by Gasteiger charge is -2.09. The second-order valence-corrected chi connectivity index (χ2v) is 8.73. The molecular formula is C24H24N2O6S. The number of benzene rings is 3. The molecule has 0 fully saturated rings. The standard InChI is InChI=1S/C24H24N2O6S/c25-33(29,30)22-12-6-18(7-13-22)14-15-26-23(27)17-32-24(28)20-8-10-21(11-9-20)31-16-19-4-2-1-3-5-19/h1-13H,14-17H2,(H,26,27)(H2,25,29,30). The van der Waals surface area contributed by atoms with E-state index in [0.29, 0.717) is 30.9 Å². The molecule has 0 aliphatic carbocycles. The van der Waals surface area contributed by atoms with Crippen molar-refractivity contribution in [2.75, 3.05) is 13.2 Å². The Morgan fingerprint density at radius 2 is 1.52 bits per heavy atom. The highest BCUT2D eigenvalue weighted by atomic mass is 32.2. The normalized spacial score (nSPS) is 10.9. The first kappa shape index (κ1) is 24.0.